The van der Waals surface area contributed by atoms with Crippen molar-refractivity contribution in [2.75, 3.05) is 0 Å². The van der Waals surface area contributed by atoms with Crippen LogP contribution in [0.5, 0.6) is 28.7 Å². The largest absolute Gasteiger partial charge is 0.504 e. The monoisotopic (exact) mass is 752 g/mol. The van der Waals surface area contributed by atoms with Crippen LogP contribution in [0.2, 0.25) is 0 Å². The molecule has 0 fully saturated rings. The molecule has 0 atom stereocenters. The molecule has 1 heterocycles. The summed E-state index contributed by atoms with van der Waals surface area (Å²) in [6.07, 6.45) is 0. The molecule has 0 aliphatic rings. The van der Waals surface area contributed by atoms with Crippen molar-refractivity contribution >= 4 is 65.0 Å². The highest BCUT2D eigenvalue weighted by molar-refractivity contribution is 6.25. The summed E-state index contributed by atoms with van der Waals surface area (Å²) in [5.74, 6) is -4.31. The standard InChI is InChI=1S/C52H32O6/c53-47-46(48(54)50(56)51(57)49(47)55)40-26-25-39(33-15-3-4-16-34(33)40)44-37-19-7-5-17-35(37)43(36-18-6-8-20-38(36)44)30-13-9-12-29(27-30)31-21-10-22-42-45(31)41-24-23-28-11-1-2-14-32(28)52(41)58-42/h1-27,53-57H. The van der Waals surface area contributed by atoms with Crippen molar-refractivity contribution in [1.29, 1.82) is 0 Å². The van der Waals surface area contributed by atoms with Crippen LogP contribution in [0.25, 0.3) is 110 Å². The van der Waals surface area contributed by atoms with E-state index in [9.17, 15) is 25.5 Å². The number of benzene rings is 10. The maximum Gasteiger partial charge on any atom is 0.208 e. The van der Waals surface area contributed by atoms with Crippen molar-refractivity contribution in [3.8, 4) is 73.3 Å². The van der Waals surface area contributed by atoms with Crippen LogP contribution in [0.4, 0.5) is 0 Å². The van der Waals surface area contributed by atoms with Gasteiger partial charge in [0.2, 0.25) is 17.2 Å². The van der Waals surface area contributed by atoms with Crippen molar-refractivity contribution in [1.82, 2.24) is 0 Å². The fourth-order valence-corrected chi connectivity index (χ4v) is 9.04. The van der Waals surface area contributed by atoms with Gasteiger partial charge in [-0.1, -0.05) is 146 Å². The number of rotatable bonds is 4. The van der Waals surface area contributed by atoms with Gasteiger partial charge in [0.1, 0.15) is 11.2 Å². The van der Waals surface area contributed by atoms with Gasteiger partial charge >= 0.3 is 0 Å². The summed E-state index contributed by atoms with van der Waals surface area (Å²) in [6.45, 7) is 0. The average Bonchev–Trinajstić information content (AvgIpc) is 3.67. The van der Waals surface area contributed by atoms with E-state index < -0.39 is 28.7 Å². The van der Waals surface area contributed by atoms with E-state index in [0.29, 0.717) is 10.9 Å². The zero-order valence-corrected chi connectivity index (χ0v) is 30.7. The van der Waals surface area contributed by atoms with Gasteiger partial charge in [0.05, 0.1) is 5.56 Å². The first-order chi connectivity index (χ1) is 28.4. The molecule has 0 saturated carbocycles. The summed E-state index contributed by atoms with van der Waals surface area (Å²) in [5, 5.41) is 63.0. The molecule has 0 aliphatic carbocycles. The highest BCUT2D eigenvalue weighted by Gasteiger charge is 2.27. The van der Waals surface area contributed by atoms with Crippen molar-refractivity contribution in [2.24, 2.45) is 0 Å². The molecule has 1 aromatic heterocycles. The predicted molar refractivity (Wildman–Crippen MR) is 234 cm³/mol. The topological polar surface area (TPSA) is 114 Å². The van der Waals surface area contributed by atoms with E-state index in [1.165, 1.54) is 0 Å². The Bertz CT molecular complexity index is 3440. The Hall–Kier alpha value is -7.96. The summed E-state index contributed by atoms with van der Waals surface area (Å²) in [4.78, 5) is 0. The van der Waals surface area contributed by atoms with E-state index >= 15 is 0 Å². The minimum absolute atomic E-state index is 0.187. The highest BCUT2D eigenvalue weighted by Crippen LogP contribution is 2.56. The number of phenols is 5. The highest BCUT2D eigenvalue weighted by atomic mass is 16.4. The zero-order chi connectivity index (χ0) is 39.2. The summed E-state index contributed by atoms with van der Waals surface area (Å²) in [7, 11) is 0. The maximum atomic E-state index is 10.9. The summed E-state index contributed by atoms with van der Waals surface area (Å²) in [6, 6.07) is 55.8. The van der Waals surface area contributed by atoms with Gasteiger partial charge in [-0.25, -0.2) is 0 Å². The van der Waals surface area contributed by atoms with Crippen LogP contribution in [-0.2, 0) is 0 Å². The minimum atomic E-state index is -0.996. The molecule has 10 aromatic carbocycles. The molecule has 6 nitrogen and oxygen atoms in total. The van der Waals surface area contributed by atoms with Gasteiger partial charge in [-0.2, -0.15) is 0 Å². The number of phenolic OH excluding ortho intramolecular Hbond substituents is 5. The van der Waals surface area contributed by atoms with Gasteiger partial charge in [0.25, 0.3) is 0 Å². The van der Waals surface area contributed by atoms with Gasteiger partial charge in [-0.3, -0.25) is 0 Å². The van der Waals surface area contributed by atoms with Crippen molar-refractivity contribution < 1.29 is 29.9 Å². The Morgan fingerprint density at radius 3 is 1.45 bits per heavy atom. The second-order valence-electron chi connectivity index (χ2n) is 14.7. The van der Waals surface area contributed by atoms with E-state index in [4.69, 9.17) is 4.42 Å². The first-order valence-corrected chi connectivity index (χ1v) is 19.0. The summed E-state index contributed by atoms with van der Waals surface area (Å²) >= 11 is 0. The van der Waals surface area contributed by atoms with E-state index in [1.807, 2.05) is 60.7 Å². The van der Waals surface area contributed by atoms with Crippen molar-refractivity contribution in [3.05, 3.63) is 164 Å². The summed E-state index contributed by atoms with van der Waals surface area (Å²) in [5.41, 5.74) is 8.21. The number of aromatic hydroxyl groups is 5. The van der Waals surface area contributed by atoms with Crippen LogP contribution in [0.3, 0.4) is 0 Å². The SMILES string of the molecule is Oc1c(O)c(O)c(-c2ccc(-c3c4ccccc4c(-c4cccc(-c5cccc6oc7c8ccccc8ccc7c56)c4)c4ccccc34)c3ccccc23)c(O)c1O. The number of hydrogen-bond acceptors (Lipinski definition) is 6. The lowest BCUT2D eigenvalue weighted by Crippen LogP contribution is -1.93. The molecule has 0 spiro atoms. The molecule has 0 aliphatic heterocycles. The summed E-state index contributed by atoms with van der Waals surface area (Å²) < 4.78 is 6.55. The van der Waals surface area contributed by atoms with E-state index in [-0.39, 0.29) is 5.56 Å². The van der Waals surface area contributed by atoms with E-state index in [0.717, 1.165) is 93.0 Å². The normalized spacial score (nSPS) is 11.8. The smallest absolute Gasteiger partial charge is 0.208 e. The van der Waals surface area contributed by atoms with E-state index in [1.54, 1.807) is 6.07 Å². The Kier molecular flexibility index (Phi) is 7.21. The van der Waals surface area contributed by atoms with Crippen LogP contribution >= 0.6 is 0 Å². The Morgan fingerprint density at radius 2 is 0.810 bits per heavy atom. The van der Waals surface area contributed by atoms with Crippen LogP contribution in [0.1, 0.15) is 0 Å². The quantitative estimate of drug-likeness (QED) is 0.0695. The molecule has 0 unspecified atom stereocenters. The third-order valence-corrected chi connectivity index (χ3v) is 11.6. The predicted octanol–water partition coefficient (Wildman–Crippen LogP) is 13.4. The first-order valence-electron chi connectivity index (χ1n) is 19.0. The lowest BCUT2D eigenvalue weighted by molar-refractivity contribution is 0.330. The van der Waals surface area contributed by atoms with Crippen LogP contribution < -0.4 is 0 Å². The molecule has 5 N–H and O–H groups in total. The van der Waals surface area contributed by atoms with Crippen LogP contribution in [-0.4, -0.2) is 25.5 Å². The third-order valence-electron chi connectivity index (χ3n) is 11.6. The molecule has 0 saturated heterocycles. The molecule has 6 heteroatoms. The second kappa shape index (κ2) is 12.5. The fraction of sp³-hybridized carbons (Fsp3) is 0. The second-order valence-corrected chi connectivity index (χ2v) is 14.7. The van der Waals surface area contributed by atoms with E-state index in [2.05, 4.69) is 97.1 Å². The molecule has 58 heavy (non-hydrogen) atoms. The van der Waals surface area contributed by atoms with Crippen molar-refractivity contribution in [3.63, 3.8) is 0 Å². The minimum Gasteiger partial charge on any atom is -0.504 e. The molecule has 0 radical (unpaired) electrons. The van der Waals surface area contributed by atoms with Gasteiger partial charge < -0.3 is 29.9 Å². The first kappa shape index (κ1) is 33.4. The molecule has 0 bridgehead atoms. The van der Waals surface area contributed by atoms with Gasteiger partial charge in [-0.05, 0) is 94.8 Å². The number of hydrogen-bond donors (Lipinski definition) is 5. The zero-order valence-electron chi connectivity index (χ0n) is 30.7. The molecule has 0 amide bonds. The lowest BCUT2D eigenvalue weighted by atomic mass is 9.83. The maximum absolute atomic E-state index is 10.9. The fourth-order valence-electron chi connectivity index (χ4n) is 9.04. The number of fused-ring (bicyclic) bond motifs is 8. The van der Waals surface area contributed by atoms with Crippen LogP contribution in [0.15, 0.2) is 168 Å². The van der Waals surface area contributed by atoms with Gasteiger partial charge in [-0.15, -0.1) is 0 Å². The number of furan rings is 1. The Morgan fingerprint density at radius 1 is 0.310 bits per heavy atom. The third kappa shape index (κ3) is 4.72. The van der Waals surface area contributed by atoms with Gasteiger partial charge in [0.15, 0.2) is 11.5 Å². The Balaban J connectivity index is 1.15. The molecular formula is C52H32O6. The molecular weight excluding hydrogens is 721 g/mol. The molecule has 11 aromatic rings. The van der Waals surface area contributed by atoms with Crippen LogP contribution in [0, 0.1) is 0 Å². The average molecular weight is 753 g/mol. The molecule has 11 rings (SSSR count). The lowest BCUT2D eigenvalue weighted by Gasteiger charge is -2.20. The molecule has 276 valence electrons. The Labute approximate surface area is 331 Å². The van der Waals surface area contributed by atoms with Gasteiger partial charge in [0, 0.05) is 16.2 Å². The van der Waals surface area contributed by atoms with Crippen molar-refractivity contribution in [2.45, 2.75) is 0 Å².